The van der Waals surface area contributed by atoms with E-state index < -0.39 is 29.3 Å². The second-order valence-electron chi connectivity index (χ2n) is 5.77. The van der Waals surface area contributed by atoms with E-state index in [2.05, 4.69) is 10.6 Å². The van der Waals surface area contributed by atoms with E-state index in [0.29, 0.717) is 0 Å². The second kappa shape index (κ2) is 6.76. The molecule has 0 radical (unpaired) electrons. The summed E-state index contributed by atoms with van der Waals surface area (Å²) in [7, 11) is 0. The van der Waals surface area contributed by atoms with Crippen molar-refractivity contribution in [3.05, 3.63) is 29.0 Å². The molecule has 0 bridgehead atoms. The molecule has 2 amide bonds. The molecule has 0 saturated heterocycles. The number of aliphatic carboxylic acids is 1. The number of carbonyl (C=O) groups is 2. The van der Waals surface area contributed by atoms with Crippen LogP contribution in [0, 0.1) is 11.2 Å². The summed E-state index contributed by atoms with van der Waals surface area (Å²) < 4.78 is 13.2. The summed E-state index contributed by atoms with van der Waals surface area (Å²) in [4.78, 5) is 22.7. The summed E-state index contributed by atoms with van der Waals surface area (Å²) >= 11 is 5.69. The first-order valence-electron chi connectivity index (χ1n) is 6.33. The van der Waals surface area contributed by atoms with Gasteiger partial charge >= 0.3 is 12.0 Å². The minimum atomic E-state index is -1.01. The predicted octanol–water partition coefficient (Wildman–Crippen LogP) is 3.49. The number of carboxylic acid groups (broad SMARTS) is 1. The number of carboxylic acids is 1. The van der Waals surface area contributed by atoms with Crippen LogP contribution in [-0.2, 0) is 4.79 Å². The lowest BCUT2D eigenvalue weighted by molar-refractivity contribution is -0.138. The van der Waals surface area contributed by atoms with Gasteiger partial charge in [-0.1, -0.05) is 32.4 Å². The third kappa shape index (κ3) is 5.99. The lowest BCUT2D eigenvalue weighted by atomic mass is 9.85. The van der Waals surface area contributed by atoms with Crippen LogP contribution in [0.25, 0.3) is 0 Å². The molecule has 0 aromatic heterocycles. The fourth-order valence-corrected chi connectivity index (χ4v) is 1.92. The van der Waals surface area contributed by atoms with Gasteiger partial charge in [0.2, 0.25) is 0 Å². The standard InChI is InChI=1S/C14H18ClFN2O3/c1-14(2,3)11(7-12(19)20)18-13(21)17-10-5-8(15)4-9(16)6-10/h4-6,11H,7H2,1-3H3,(H,19,20)(H2,17,18,21). The summed E-state index contributed by atoms with van der Waals surface area (Å²) in [5.74, 6) is -1.58. The zero-order chi connectivity index (χ0) is 16.2. The Morgan fingerprint density at radius 3 is 2.43 bits per heavy atom. The van der Waals surface area contributed by atoms with Crippen LogP contribution in [0.2, 0.25) is 5.02 Å². The van der Waals surface area contributed by atoms with E-state index in [0.717, 1.165) is 12.1 Å². The van der Waals surface area contributed by atoms with Crippen molar-refractivity contribution in [3.8, 4) is 0 Å². The molecule has 7 heteroatoms. The van der Waals surface area contributed by atoms with Crippen molar-refractivity contribution in [2.45, 2.75) is 33.2 Å². The first kappa shape index (κ1) is 17.2. The minimum absolute atomic E-state index is 0.156. The molecule has 1 unspecified atom stereocenters. The highest BCUT2D eigenvalue weighted by Gasteiger charge is 2.28. The highest BCUT2D eigenvalue weighted by atomic mass is 35.5. The van der Waals surface area contributed by atoms with Crippen LogP contribution < -0.4 is 10.6 Å². The molecular formula is C14H18ClFN2O3. The molecule has 116 valence electrons. The Hall–Kier alpha value is -1.82. The number of nitrogens with one attached hydrogen (secondary N) is 2. The predicted molar refractivity (Wildman–Crippen MR) is 79.1 cm³/mol. The summed E-state index contributed by atoms with van der Waals surface area (Å²) in [5, 5.41) is 14.1. The molecule has 21 heavy (non-hydrogen) atoms. The maximum Gasteiger partial charge on any atom is 0.319 e. The molecule has 5 nitrogen and oxygen atoms in total. The van der Waals surface area contributed by atoms with Crippen LogP contribution in [0.15, 0.2) is 18.2 Å². The van der Waals surface area contributed by atoms with Gasteiger partial charge in [0.1, 0.15) is 5.82 Å². The van der Waals surface area contributed by atoms with Crippen molar-refractivity contribution in [3.63, 3.8) is 0 Å². The zero-order valence-electron chi connectivity index (χ0n) is 12.0. The van der Waals surface area contributed by atoms with Gasteiger partial charge in [-0.3, -0.25) is 4.79 Å². The average Bonchev–Trinajstić information content (AvgIpc) is 2.24. The third-order valence-electron chi connectivity index (χ3n) is 2.85. The number of carbonyl (C=O) groups excluding carboxylic acids is 1. The molecule has 1 aromatic carbocycles. The molecule has 0 aliphatic rings. The molecular weight excluding hydrogens is 299 g/mol. The molecule has 3 N–H and O–H groups in total. The van der Waals surface area contributed by atoms with Gasteiger partial charge < -0.3 is 15.7 Å². The van der Waals surface area contributed by atoms with Gasteiger partial charge in [-0.2, -0.15) is 0 Å². The second-order valence-corrected chi connectivity index (χ2v) is 6.21. The molecule has 0 saturated carbocycles. The zero-order valence-corrected chi connectivity index (χ0v) is 12.8. The molecule has 0 aliphatic heterocycles. The van der Waals surface area contributed by atoms with Gasteiger partial charge in [-0.25, -0.2) is 9.18 Å². The number of halogens is 2. The SMILES string of the molecule is CC(C)(C)C(CC(=O)O)NC(=O)Nc1cc(F)cc(Cl)c1. The fraction of sp³-hybridized carbons (Fsp3) is 0.429. The number of urea groups is 1. The fourth-order valence-electron chi connectivity index (χ4n) is 1.70. The van der Waals surface area contributed by atoms with E-state index >= 15 is 0 Å². The van der Waals surface area contributed by atoms with E-state index in [4.69, 9.17) is 16.7 Å². The Morgan fingerprint density at radius 1 is 1.33 bits per heavy atom. The molecule has 0 fully saturated rings. The quantitative estimate of drug-likeness (QED) is 0.795. The summed E-state index contributed by atoms with van der Waals surface area (Å²) in [6.45, 7) is 5.46. The van der Waals surface area contributed by atoms with Crippen LogP contribution in [-0.4, -0.2) is 23.1 Å². The smallest absolute Gasteiger partial charge is 0.319 e. The Labute approximate surface area is 127 Å². The third-order valence-corrected chi connectivity index (χ3v) is 3.07. The monoisotopic (exact) mass is 316 g/mol. The van der Waals surface area contributed by atoms with Gasteiger partial charge in [0.15, 0.2) is 0 Å². The van der Waals surface area contributed by atoms with Crippen LogP contribution in [0.5, 0.6) is 0 Å². The number of benzene rings is 1. The van der Waals surface area contributed by atoms with E-state index in [1.165, 1.54) is 6.07 Å². The molecule has 1 aromatic rings. The topological polar surface area (TPSA) is 78.4 Å². The van der Waals surface area contributed by atoms with Crippen LogP contribution in [0.1, 0.15) is 27.2 Å². The van der Waals surface area contributed by atoms with Crippen molar-refractivity contribution in [2.75, 3.05) is 5.32 Å². The van der Waals surface area contributed by atoms with Gasteiger partial charge in [0.05, 0.1) is 6.42 Å². The highest BCUT2D eigenvalue weighted by Crippen LogP contribution is 2.22. The number of rotatable bonds is 4. The van der Waals surface area contributed by atoms with Crippen molar-refractivity contribution in [2.24, 2.45) is 5.41 Å². The summed E-state index contributed by atoms with van der Waals surface area (Å²) in [6.07, 6.45) is -0.208. The minimum Gasteiger partial charge on any atom is -0.481 e. The van der Waals surface area contributed by atoms with Gasteiger partial charge in [-0.15, -0.1) is 0 Å². The number of anilines is 1. The summed E-state index contributed by atoms with van der Waals surface area (Å²) in [5.41, 5.74) is -0.240. The molecule has 0 aliphatic carbocycles. The Morgan fingerprint density at radius 2 is 1.95 bits per heavy atom. The average molecular weight is 317 g/mol. The van der Waals surface area contributed by atoms with E-state index in [1.54, 1.807) is 0 Å². The van der Waals surface area contributed by atoms with Crippen LogP contribution in [0.4, 0.5) is 14.9 Å². The van der Waals surface area contributed by atoms with Crippen molar-refractivity contribution >= 4 is 29.3 Å². The van der Waals surface area contributed by atoms with Gasteiger partial charge in [-0.05, 0) is 23.6 Å². The van der Waals surface area contributed by atoms with Crippen molar-refractivity contribution in [1.29, 1.82) is 0 Å². The highest BCUT2D eigenvalue weighted by molar-refractivity contribution is 6.30. The van der Waals surface area contributed by atoms with Crippen molar-refractivity contribution < 1.29 is 19.1 Å². The maximum atomic E-state index is 13.2. The molecule has 0 heterocycles. The molecule has 0 spiro atoms. The number of amides is 2. The van der Waals surface area contributed by atoms with Crippen molar-refractivity contribution in [1.82, 2.24) is 5.32 Å². The Balaban J connectivity index is 2.76. The van der Waals surface area contributed by atoms with E-state index in [-0.39, 0.29) is 17.1 Å². The van der Waals surface area contributed by atoms with E-state index in [1.807, 2.05) is 20.8 Å². The lowest BCUT2D eigenvalue weighted by Crippen LogP contribution is -2.46. The Bertz CT molecular complexity index is 523. The summed E-state index contributed by atoms with van der Waals surface area (Å²) in [6, 6.07) is 2.45. The first-order chi connectivity index (χ1) is 9.57. The van der Waals surface area contributed by atoms with Gasteiger partial charge in [0.25, 0.3) is 0 Å². The van der Waals surface area contributed by atoms with Crippen LogP contribution in [0.3, 0.4) is 0 Å². The van der Waals surface area contributed by atoms with Gasteiger partial charge in [0, 0.05) is 16.8 Å². The lowest BCUT2D eigenvalue weighted by Gasteiger charge is -2.30. The molecule has 1 rings (SSSR count). The van der Waals surface area contributed by atoms with E-state index in [9.17, 15) is 14.0 Å². The Kier molecular flexibility index (Phi) is 5.54. The number of hydrogen-bond acceptors (Lipinski definition) is 2. The van der Waals surface area contributed by atoms with Crippen LogP contribution >= 0.6 is 11.6 Å². The maximum absolute atomic E-state index is 13.2. The normalized spacial score (nSPS) is 12.6. The first-order valence-corrected chi connectivity index (χ1v) is 6.71. The molecule has 1 atom stereocenters. The largest absolute Gasteiger partial charge is 0.481 e. The number of hydrogen-bond donors (Lipinski definition) is 3.